The second kappa shape index (κ2) is 24.0. The van der Waals surface area contributed by atoms with Gasteiger partial charge >= 0.3 is 0 Å². The van der Waals surface area contributed by atoms with E-state index in [0.29, 0.717) is 0 Å². The number of hydrogen-bond donors (Lipinski definition) is 5. The van der Waals surface area contributed by atoms with Crippen LogP contribution in [0.1, 0.15) is 32.6 Å². The standard InChI is InChI=1S/C21H43N5/c1-3-23-15-7-5-9-17-25-19-11-13-21-26-20-12-10-18-24-16-8-4-6-14-22-2/h5,9-13,22-26H,3-4,6-8,14-21H2,1-2H3/b9-5-,12-10-,13-11-. The maximum absolute atomic E-state index is 3.45. The maximum atomic E-state index is 3.45. The molecule has 0 bridgehead atoms. The number of hydrogen-bond acceptors (Lipinski definition) is 5. The molecule has 0 aliphatic rings. The normalized spacial score (nSPS) is 12.2. The quantitative estimate of drug-likeness (QED) is 0.168. The fraction of sp³-hybridized carbons (Fsp3) is 0.714. The Kier molecular flexibility index (Phi) is 23.1. The lowest BCUT2D eigenvalue weighted by molar-refractivity contribution is 0.608. The molecular weight excluding hydrogens is 322 g/mol. The minimum Gasteiger partial charge on any atom is -0.320 e. The van der Waals surface area contributed by atoms with Crippen molar-refractivity contribution >= 4 is 0 Å². The van der Waals surface area contributed by atoms with Crippen molar-refractivity contribution in [3.8, 4) is 0 Å². The molecule has 0 fully saturated rings. The van der Waals surface area contributed by atoms with Crippen molar-refractivity contribution in [3.05, 3.63) is 36.5 Å². The highest BCUT2D eigenvalue weighted by Crippen LogP contribution is 1.91. The Labute approximate surface area is 162 Å². The molecule has 0 rings (SSSR count). The predicted molar refractivity (Wildman–Crippen MR) is 117 cm³/mol. The molecule has 0 saturated carbocycles. The van der Waals surface area contributed by atoms with Gasteiger partial charge in [-0.2, -0.15) is 0 Å². The third kappa shape index (κ3) is 23.0. The van der Waals surface area contributed by atoms with Crippen LogP contribution in [0.5, 0.6) is 0 Å². The second-order valence-electron chi connectivity index (χ2n) is 6.24. The van der Waals surface area contributed by atoms with Gasteiger partial charge in [-0.25, -0.2) is 0 Å². The van der Waals surface area contributed by atoms with Crippen LogP contribution in [-0.2, 0) is 0 Å². The van der Waals surface area contributed by atoms with Crippen LogP contribution < -0.4 is 26.6 Å². The molecule has 0 amide bonds. The van der Waals surface area contributed by atoms with Gasteiger partial charge in [0.25, 0.3) is 0 Å². The van der Waals surface area contributed by atoms with E-state index < -0.39 is 0 Å². The molecule has 0 aromatic rings. The van der Waals surface area contributed by atoms with Crippen LogP contribution in [0, 0.1) is 0 Å². The fourth-order valence-corrected chi connectivity index (χ4v) is 2.31. The largest absolute Gasteiger partial charge is 0.320 e. The predicted octanol–water partition coefficient (Wildman–Crippen LogP) is 1.81. The smallest absolute Gasteiger partial charge is 0.0138 e. The minimum atomic E-state index is 0.920. The van der Waals surface area contributed by atoms with Gasteiger partial charge in [0.1, 0.15) is 0 Å². The molecule has 0 spiro atoms. The van der Waals surface area contributed by atoms with Crippen LogP contribution in [0.25, 0.3) is 0 Å². The SMILES string of the molecule is CCNCC/C=C\CNC/C=C\CNC/C=C\CNCCCCCNC. The summed E-state index contributed by atoms with van der Waals surface area (Å²) < 4.78 is 0. The lowest BCUT2D eigenvalue weighted by atomic mass is 10.2. The molecule has 26 heavy (non-hydrogen) atoms. The van der Waals surface area contributed by atoms with E-state index in [-0.39, 0.29) is 0 Å². The van der Waals surface area contributed by atoms with E-state index in [1.165, 1.54) is 19.3 Å². The highest BCUT2D eigenvalue weighted by atomic mass is 14.9. The van der Waals surface area contributed by atoms with Crippen molar-refractivity contribution in [2.45, 2.75) is 32.6 Å². The first-order valence-electron chi connectivity index (χ1n) is 10.3. The lowest BCUT2D eigenvalue weighted by Gasteiger charge is -2.02. The zero-order valence-corrected chi connectivity index (χ0v) is 17.2. The molecule has 0 atom stereocenters. The van der Waals surface area contributed by atoms with Gasteiger partial charge in [0, 0.05) is 32.7 Å². The van der Waals surface area contributed by atoms with Gasteiger partial charge in [0.2, 0.25) is 0 Å². The first-order chi connectivity index (χ1) is 12.9. The molecule has 0 unspecified atom stereocenters. The molecule has 0 heterocycles. The van der Waals surface area contributed by atoms with Crippen molar-refractivity contribution in [3.63, 3.8) is 0 Å². The van der Waals surface area contributed by atoms with Crippen molar-refractivity contribution < 1.29 is 0 Å². The number of rotatable bonds is 20. The van der Waals surface area contributed by atoms with E-state index in [1.807, 2.05) is 7.05 Å². The maximum Gasteiger partial charge on any atom is 0.0138 e. The Morgan fingerprint density at radius 2 is 1.08 bits per heavy atom. The molecule has 0 aliphatic heterocycles. The Bertz CT molecular complexity index is 339. The summed E-state index contributed by atoms with van der Waals surface area (Å²) in [5.41, 5.74) is 0. The fourth-order valence-electron chi connectivity index (χ4n) is 2.31. The third-order valence-electron chi connectivity index (χ3n) is 3.83. The molecule has 0 aliphatic carbocycles. The average Bonchev–Trinajstić information content (AvgIpc) is 2.66. The monoisotopic (exact) mass is 365 g/mol. The van der Waals surface area contributed by atoms with E-state index in [1.54, 1.807) is 0 Å². The van der Waals surface area contributed by atoms with Gasteiger partial charge in [-0.05, 0) is 52.5 Å². The van der Waals surface area contributed by atoms with E-state index in [9.17, 15) is 0 Å². The molecule has 0 aromatic carbocycles. The minimum absolute atomic E-state index is 0.920. The van der Waals surface area contributed by atoms with E-state index >= 15 is 0 Å². The van der Waals surface area contributed by atoms with E-state index in [2.05, 4.69) is 70.0 Å². The van der Waals surface area contributed by atoms with Crippen LogP contribution in [0.2, 0.25) is 0 Å². The summed E-state index contributed by atoms with van der Waals surface area (Å²) in [5, 5.41) is 16.7. The molecule has 0 radical (unpaired) electrons. The Hall–Kier alpha value is -0.980. The van der Waals surface area contributed by atoms with Gasteiger partial charge in [-0.15, -0.1) is 0 Å². The van der Waals surface area contributed by atoms with Crippen LogP contribution in [0.4, 0.5) is 0 Å². The molecule has 5 heteroatoms. The zero-order chi connectivity index (χ0) is 19.0. The summed E-state index contributed by atoms with van der Waals surface area (Å²) in [5.74, 6) is 0. The summed E-state index contributed by atoms with van der Waals surface area (Å²) in [7, 11) is 2.01. The summed E-state index contributed by atoms with van der Waals surface area (Å²) in [6.45, 7) is 11.2. The zero-order valence-electron chi connectivity index (χ0n) is 17.2. The molecule has 5 nitrogen and oxygen atoms in total. The van der Waals surface area contributed by atoms with Crippen molar-refractivity contribution in [1.29, 1.82) is 0 Å². The van der Waals surface area contributed by atoms with Gasteiger partial charge in [0.15, 0.2) is 0 Å². The van der Waals surface area contributed by atoms with Gasteiger partial charge in [0.05, 0.1) is 0 Å². The Morgan fingerprint density at radius 1 is 0.538 bits per heavy atom. The summed E-state index contributed by atoms with van der Waals surface area (Å²) in [6.07, 6.45) is 18.1. The molecule has 0 aromatic heterocycles. The highest BCUT2D eigenvalue weighted by molar-refractivity contribution is 4.91. The van der Waals surface area contributed by atoms with Crippen LogP contribution >= 0.6 is 0 Å². The van der Waals surface area contributed by atoms with Gasteiger partial charge in [-0.1, -0.05) is 49.8 Å². The van der Waals surface area contributed by atoms with Crippen LogP contribution in [0.3, 0.4) is 0 Å². The first-order valence-corrected chi connectivity index (χ1v) is 10.3. The average molecular weight is 366 g/mol. The summed E-state index contributed by atoms with van der Waals surface area (Å²) in [4.78, 5) is 0. The van der Waals surface area contributed by atoms with E-state index in [0.717, 1.165) is 65.3 Å². The first kappa shape index (κ1) is 25.0. The Morgan fingerprint density at radius 3 is 1.65 bits per heavy atom. The topological polar surface area (TPSA) is 60.1 Å². The lowest BCUT2D eigenvalue weighted by Crippen LogP contribution is -2.17. The summed E-state index contributed by atoms with van der Waals surface area (Å²) >= 11 is 0. The summed E-state index contributed by atoms with van der Waals surface area (Å²) in [6, 6.07) is 0. The van der Waals surface area contributed by atoms with Gasteiger partial charge in [-0.3, -0.25) is 0 Å². The highest BCUT2D eigenvalue weighted by Gasteiger charge is 1.87. The van der Waals surface area contributed by atoms with Crippen molar-refractivity contribution in [1.82, 2.24) is 26.6 Å². The molecule has 5 N–H and O–H groups in total. The Balaban J connectivity index is 3.20. The molecule has 0 saturated heterocycles. The van der Waals surface area contributed by atoms with Crippen LogP contribution in [0.15, 0.2) is 36.5 Å². The third-order valence-corrected chi connectivity index (χ3v) is 3.83. The second-order valence-corrected chi connectivity index (χ2v) is 6.24. The van der Waals surface area contributed by atoms with Gasteiger partial charge < -0.3 is 26.6 Å². The van der Waals surface area contributed by atoms with Crippen molar-refractivity contribution in [2.75, 3.05) is 66.0 Å². The molecule has 152 valence electrons. The number of unbranched alkanes of at least 4 members (excludes halogenated alkanes) is 2. The van der Waals surface area contributed by atoms with Crippen LogP contribution in [-0.4, -0.2) is 66.0 Å². The molecular formula is C21H43N5. The van der Waals surface area contributed by atoms with Crippen molar-refractivity contribution in [2.24, 2.45) is 0 Å². The van der Waals surface area contributed by atoms with E-state index in [4.69, 9.17) is 0 Å². The number of nitrogens with one attached hydrogen (secondary N) is 5.